The van der Waals surface area contributed by atoms with Gasteiger partial charge in [-0.2, -0.15) is 0 Å². The molecule has 1 aliphatic rings. The third kappa shape index (κ3) is 3.76. The van der Waals surface area contributed by atoms with Crippen LogP contribution in [0.2, 0.25) is 0 Å². The molecule has 1 saturated heterocycles. The van der Waals surface area contributed by atoms with Gasteiger partial charge in [0.25, 0.3) is 5.91 Å². The Morgan fingerprint density at radius 2 is 1.70 bits per heavy atom. The van der Waals surface area contributed by atoms with Crippen molar-refractivity contribution in [2.45, 2.75) is 18.6 Å². The van der Waals surface area contributed by atoms with Crippen molar-refractivity contribution in [3.8, 4) is 0 Å². The first-order valence-corrected chi connectivity index (χ1v) is 8.69. The number of ether oxygens (including phenoxy) is 1. The minimum atomic E-state index is -1.60. The number of carbonyl (C=O) groups excluding carboxylic acids is 2. The zero-order chi connectivity index (χ0) is 19.3. The van der Waals surface area contributed by atoms with Crippen molar-refractivity contribution in [1.82, 2.24) is 10.2 Å². The fourth-order valence-corrected chi connectivity index (χ4v) is 3.22. The third-order valence-corrected chi connectivity index (χ3v) is 4.63. The molecular formula is C20H22N4O3. The number of nitrogens with zero attached hydrogens (tertiary/aromatic N) is 1. The summed E-state index contributed by atoms with van der Waals surface area (Å²) in [6, 6.07) is 18.5. The molecular weight excluding hydrogens is 344 g/mol. The van der Waals surface area contributed by atoms with E-state index < -0.39 is 17.5 Å². The van der Waals surface area contributed by atoms with Crippen LogP contribution in [0.4, 0.5) is 4.79 Å². The fraction of sp³-hybridized carbons (Fsp3) is 0.250. The van der Waals surface area contributed by atoms with Crippen molar-refractivity contribution >= 4 is 17.8 Å². The molecule has 1 heterocycles. The van der Waals surface area contributed by atoms with Gasteiger partial charge in [0.2, 0.25) is 0 Å². The fourth-order valence-electron chi connectivity index (χ4n) is 3.22. The molecule has 0 saturated carbocycles. The van der Waals surface area contributed by atoms with Crippen LogP contribution in [-0.2, 0) is 22.6 Å². The summed E-state index contributed by atoms with van der Waals surface area (Å²) in [4.78, 5) is 26.8. The maximum absolute atomic E-state index is 12.8. The molecule has 7 nitrogen and oxygen atoms in total. The van der Waals surface area contributed by atoms with Gasteiger partial charge in [-0.15, -0.1) is 0 Å². The molecule has 0 aliphatic carbocycles. The van der Waals surface area contributed by atoms with Gasteiger partial charge >= 0.3 is 6.09 Å². The molecule has 2 aromatic carbocycles. The van der Waals surface area contributed by atoms with Crippen molar-refractivity contribution in [2.75, 3.05) is 13.1 Å². The van der Waals surface area contributed by atoms with Gasteiger partial charge in [-0.3, -0.25) is 15.1 Å². The molecule has 2 aromatic rings. The van der Waals surface area contributed by atoms with Crippen molar-refractivity contribution in [2.24, 2.45) is 5.73 Å². The maximum atomic E-state index is 12.8. The lowest BCUT2D eigenvalue weighted by molar-refractivity contribution is -0.131. The molecule has 1 aliphatic heterocycles. The summed E-state index contributed by atoms with van der Waals surface area (Å²) < 4.78 is 5.41. The molecule has 1 atom stereocenters. The van der Waals surface area contributed by atoms with Crippen LogP contribution in [0.1, 0.15) is 11.1 Å². The van der Waals surface area contributed by atoms with Gasteiger partial charge in [0.1, 0.15) is 12.4 Å². The summed E-state index contributed by atoms with van der Waals surface area (Å²) in [7, 11) is 0. The average molecular weight is 366 g/mol. The van der Waals surface area contributed by atoms with Crippen molar-refractivity contribution in [3.05, 3.63) is 71.8 Å². The van der Waals surface area contributed by atoms with Gasteiger partial charge in [-0.1, -0.05) is 60.7 Å². The summed E-state index contributed by atoms with van der Waals surface area (Å²) >= 11 is 0. The van der Waals surface area contributed by atoms with E-state index in [0.29, 0.717) is 0 Å². The Labute approximate surface area is 157 Å². The normalized spacial score (nSPS) is 19.3. The zero-order valence-electron chi connectivity index (χ0n) is 14.9. The van der Waals surface area contributed by atoms with Gasteiger partial charge in [-0.05, 0) is 11.1 Å². The van der Waals surface area contributed by atoms with E-state index in [9.17, 15) is 9.59 Å². The summed E-state index contributed by atoms with van der Waals surface area (Å²) in [5, 5.41) is 10.8. The summed E-state index contributed by atoms with van der Waals surface area (Å²) in [6.07, 6.45) is -0.560. The number of piperazine rings is 1. The smallest absolute Gasteiger partial charge is 0.411 e. The zero-order valence-corrected chi connectivity index (χ0v) is 14.9. The first-order chi connectivity index (χ1) is 13.0. The highest BCUT2D eigenvalue weighted by molar-refractivity contribution is 6.13. The van der Waals surface area contributed by atoms with E-state index >= 15 is 0 Å². The predicted octanol–water partition coefficient (Wildman–Crippen LogP) is 1.67. The lowest BCUT2D eigenvalue weighted by Crippen LogP contribution is -2.72. The van der Waals surface area contributed by atoms with Gasteiger partial charge < -0.3 is 15.8 Å². The standard InChI is InChI=1S/C20H22N4O3/c21-17(22)20(13-15-7-3-1-4-8-15)18(25)23-11-12-24(20)19(26)27-14-16-9-5-2-6-10-16/h1-10H,11-14H2,(H3,21,22)(H,23,25). The van der Waals surface area contributed by atoms with Crippen molar-refractivity contribution in [1.29, 1.82) is 5.41 Å². The van der Waals surface area contributed by atoms with E-state index in [0.717, 1.165) is 11.1 Å². The van der Waals surface area contributed by atoms with Crippen LogP contribution in [0.3, 0.4) is 0 Å². The Morgan fingerprint density at radius 3 is 2.30 bits per heavy atom. The van der Waals surface area contributed by atoms with Crippen LogP contribution in [0.25, 0.3) is 0 Å². The third-order valence-electron chi connectivity index (χ3n) is 4.63. The van der Waals surface area contributed by atoms with Crippen LogP contribution < -0.4 is 11.1 Å². The highest BCUT2D eigenvalue weighted by atomic mass is 16.6. The number of amides is 2. The monoisotopic (exact) mass is 366 g/mol. The summed E-state index contributed by atoms with van der Waals surface area (Å²) in [5.41, 5.74) is 5.88. The average Bonchev–Trinajstić information content (AvgIpc) is 2.69. The first kappa shape index (κ1) is 18.4. The number of benzene rings is 2. The Bertz CT molecular complexity index is 826. The lowest BCUT2D eigenvalue weighted by Gasteiger charge is -2.44. The SMILES string of the molecule is N=C(N)C1(Cc2ccccc2)C(=O)NCCN1C(=O)OCc1ccccc1. The number of hydrogen-bond acceptors (Lipinski definition) is 4. The van der Waals surface area contributed by atoms with E-state index in [4.69, 9.17) is 15.9 Å². The molecule has 4 N–H and O–H groups in total. The van der Waals surface area contributed by atoms with E-state index in [1.807, 2.05) is 60.7 Å². The van der Waals surface area contributed by atoms with Crippen LogP contribution in [0, 0.1) is 5.41 Å². The molecule has 1 fully saturated rings. The van der Waals surface area contributed by atoms with Crippen LogP contribution in [0.15, 0.2) is 60.7 Å². The number of rotatable bonds is 5. The highest BCUT2D eigenvalue weighted by Gasteiger charge is 2.52. The van der Waals surface area contributed by atoms with Gasteiger partial charge in [0.05, 0.1) is 0 Å². The van der Waals surface area contributed by atoms with Gasteiger partial charge in [0, 0.05) is 19.5 Å². The van der Waals surface area contributed by atoms with E-state index in [1.165, 1.54) is 4.90 Å². The minimum Gasteiger partial charge on any atom is -0.445 e. The number of nitrogens with two attached hydrogens (primary N) is 1. The van der Waals surface area contributed by atoms with Gasteiger partial charge in [0.15, 0.2) is 5.54 Å². The highest BCUT2D eigenvalue weighted by Crippen LogP contribution is 2.26. The Balaban J connectivity index is 1.86. The molecule has 140 valence electrons. The molecule has 0 spiro atoms. The van der Waals surface area contributed by atoms with Crippen LogP contribution in [-0.4, -0.2) is 41.4 Å². The number of amidine groups is 1. The Hall–Kier alpha value is -3.35. The Morgan fingerprint density at radius 1 is 1.11 bits per heavy atom. The number of carbonyl (C=O) groups is 2. The topological polar surface area (TPSA) is 109 Å². The molecule has 2 amide bonds. The molecule has 0 aromatic heterocycles. The number of hydrogen-bond donors (Lipinski definition) is 3. The minimum absolute atomic E-state index is 0.0805. The quantitative estimate of drug-likeness (QED) is 0.552. The molecule has 0 radical (unpaired) electrons. The first-order valence-electron chi connectivity index (χ1n) is 8.69. The Kier molecular flexibility index (Phi) is 5.40. The molecule has 3 rings (SSSR count). The van der Waals surface area contributed by atoms with Crippen LogP contribution in [0.5, 0.6) is 0 Å². The molecule has 27 heavy (non-hydrogen) atoms. The summed E-state index contributed by atoms with van der Waals surface area (Å²) in [6.45, 7) is 0.575. The van der Waals surface area contributed by atoms with Crippen molar-refractivity contribution < 1.29 is 14.3 Å². The van der Waals surface area contributed by atoms with Crippen molar-refractivity contribution in [3.63, 3.8) is 0 Å². The molecule has 0 bridgehead atoms. The second-order valence-electron chi connectivity index (χ2n) is 6.38. The second-order valence-corrected chi connectivity index (χ2v) is 6.38. The van der Waals surface area contributed by atoms with Gasteiger partial charge in [-0.25, -0.2) is 4.79 Å². The largest absolute Gasteiger partial charge is 0.445 e. The second kappa shape index (κ2) is 7.90. The predicted molar refractivity (Wildman–Crippen MR) is 101 cm³/mol. The molecule has 1 unspecified atom stereocenters. The van der Waals surface area contributed by atoms with E-state index in [2.05, 4.69) is 5.32 Å². The van der Waals surface area contributed by atoms with E-state index in [1.54, 1.807) is 0 Å². The lowest BCUT2D eigenvalue weighted by atomic mass is 9.85. The molecule has 7 heteroatoms. The maximum Gasteiger partial charge on any atom is 0.411 e. The summed E-state index contributed by atoms with van der Waals surface area (Å²) in [5.74, 6) is -0.859. The number of nitrogens with one attached hydrogen (secondary N) is 2. The van der Waals surface area contributed by atoms with Crippen LogP contribution >= 0.6 is 0 Å². The van der Waals surface area contributed by atoms with E-state index in [-0.39, 0.29) is 32.0 Å².